The van der Waals surface area contributed by atoms with E-state index in [0.29, 0.717) is 11.9 Å². The number of nitrogens with zero attached hydrogens (tertiary/aromatic N) is 2. The van der Waals surface area contributed by atoms with Crippen molar-refractivity contribution in [2.75, 3.05) is 19.1 Å². The molecular formula is C14H16Cl2N2O. The molecule has 1 unspecified atom stereocenters. The molecule has 0 saturated carbocycles. The Balaban J connectivity index is 2.09. The Kier molecular flexibility index (Phi) is 3.96. The van der Waals surface area contributed by atoms with Gasteiger partial charge in [-0.05, 0) is 31.0 Å². The monoisotopic (exact) mass is 298 g/mol. The molecule has 0 amide bonds. The Hall–Kier alpha value is -0.770. The topological polar surface area (TPSA) is 27.1 Å². The number of hydrogen-bond donors (Lipinski definition) is 0. The van der Waals surface area contributed by atoms with Crippen molar-refractivity contribution >= 4 is 34.2 Å². The first-order valence-corrected chi connectivity index (χ1v) is 7.51. The van der Waals surface area contributed by atoms with E-state index >= 15 is 0 Å². The van der Waals surface area contributed by atoms with Crippen LogP contribution >= 0.6 is 23.2 Å². The Bertz CT molecular complexity index is 576. The highest BCUT2D eigenvalue weighted by atomic mass is 35.5. The highest BCUT2D eigenvalue weighted by Crippen LogP contribution is 2.28. The number of aromatic nitrogens is 2. The molecule has 0 bridgehead atoms. The second-order valence-electron chi connectivity index (χ2n) is 4.84. The van der Waals surface area contributed by atoms with Gasteiger partial charge in [0.25, 0.3) is 0 Å². The van der Waals surface area contributed by atoms with Crippen molar-refractivity contribution in [2.24, 2.45) is 0 Å². The predicted molar refractivity (Wildman–Crippen MR) is 78.3 cm³/mol. The van der Waals surface area contributed by atoms with Gasteiger partial charge < -0.3 is 9.30 Å². The molecule has 1 atom stereocenters. The van der Waals surface area contributed by atoms with E-state index in [2.05, 4.69) is 9.55 Å². The van der Waals surface area contributed by atoms with Gasteiger partial charge in [-0.2, -0.15) is 0 Å². The normalized spacial score (nSPS) is 20.0. The smallest absolute Gasteiger partial charge is 0.111 e. The molecule has 1 fully saturated rings. The quantitative estimate of drug-likeness (QED) is 0.806. The number of alkyl halides is 1. The summed E-state index contributed by atoms with van der Waals surface area (Å²) in [5, 5.41) is 0.717. The first kappa shape index (κ1) is 13.2. The van der Waals surface area contributed by atoms with Gasteiger partial charge in [0.1, 0.15) is 5.82 Å². The molecule has 1 aromatic heterocycles. The molecule has 102 valence electrons. The van der Waals surface area contributed by atoms with Gasteiger partial charge in [0, 0.05) is 23.9 Å². The first-order chi connectivity index (χ1) is 9.29. The molecule has 2 heterocycles. The molecule has 2 aromatic rings. The van der Waals surface area contributed by atoms with Gasteiger partial charge in [-0.25, -0.2) is 4.98 Å². The number of fused-ring (bicyclic) bond motifs is 1. The lowest BCUT2D eigenvalue weighted by Gasteiger charge is -2.25. The van der Waals surface area contributed by atoms with Crippen LogP contribution in [-0.2, 0) is 11.2 Å². The molecular weight excluding hydrogens is 283 g/mol. The second-order valence-corrected chi connectivity index (χ2v) is 5.66. The van der Waals surface area contributed by atoms with Crippen molar-refractivity contribution in [1.29, 1.82) is 0 Å². The van der Waals surface area contributed by atoms with Gasteiger partial charge in [-0.15, -0.1) is 11.6 Å². The number of halogens is 2. The van der Waals surface area contributed by atoms with Crippen LogP contribution in [0.25, 0.3) is 11.0 Å². The fraction of sp³-hybridized carbons (Fsp3) is 0.500. The van der Waals surface area contributed by atoms with Crippen molar-refractivity contribution < 1.29 is 4.74 Å². The van der Waals surface area contributed by atoms with Crippen LogP contribution in [-0.4, -0.2) is 28.6 Å². The van der Waals surface area contributed by atoms with E-state index in [9.17, 15) is 0 Å². The zero-order valence-corrected chi connectivity index (χ0v) is 12.1. The molecule has 0 aliphatic carbocycles. The summed E-state index contributed by atoms with van der Waals surface area (Å²) in [6, 6.07) is 6.22. The zero-order valence-electron chi connectivity index (χ0n) is 10.6. The summed E-state index contributed by atoms with van der Waals surface area (Å²) in [4.78, 5) is 4.68. The minimum atomic E-state index is 0.359. The molecule has 1 aromatic carbocycles. The lowest BCUT2D eigenvalue weighted by atomic mass is 10.1. The number of ether oxygens (including phenoxy) is 1. The van der Waals surface area contributed by atoms with Gasteiger partial charge >= 0.3 is 0 Å². The Morgan fingerprint density at radius 2 is 2.32 bits per heavy atom. The van der Waals surface area contributed by atoms with Crippen LogP contribution in [0.5, 0.6) is 0 Å². The number of benzene rings is 1. The molecule has 0 radical (unpaired) electrons. The van der Waals surface area contributed by atoms with Crippen LogP contribution in [0.2, 0.25) is 5.02 Å². The van der Waals surface area contributed by atoms with Gasteiger partial charge in [-0.1, -0.05) is 11.6 Å². The van der Waals surface area contributed by atoms with E-state index in [0.717, 1.165) is 54.4 Å². The lowest BCUT2D eigenvalue weighted by molar-refractivity contribution is 0.0596. The number of aryl methyl sites for hydroxylation is 1. The molecule has 3 rings (SSSR count). The fourth-order valence-corrected chi connectivity index (χ4v) is 3.05. The van der Waals surface area contributed by atoms with Crippen LogP contribution in [0.4, 0.5) is 0 Å². The van der Waals surface area contributed by atoms with Crippen molar-refractivity contribution in [1.82, 2.24) is 9.55 Å². The van der Waals surface area contributed by atoms with Crippen LogP contribution in [0.15, 0.2) is 18.2 Å². The largest absolute Gasteiger partial charge is 0.379 e. The summed E-state index contributed by atoms with van der Waals surface area (Å²) in [5.74, 6) is 1.60. The van der Waals surface area contributed by atoms with Crippen LogP contribution in [0.1, 0.15) is 24.7 Å². The van der Waals surface area contributed by atoms with Crippen molar-refractivity contribution in [2.45, 2.75) is 25.3 Å². The van der Waals surface area contributed by atoms with Crippen LogP contribution in [0.3, 0.4) is 0 Å². The minimum absolute atomic E-state index is 0.359. The molecule has 1 aliphatic rings. The third kappa shape index (κ3) is 2.60. The molecule has 5 heteroatoms. The maximum atomic E-state index is 6.04. The van der Waals surface area contributed by atoms with E-state index in [-0.39, 0.29) is 0 Å². The van der Waals surface area contributed by atoms with E-state index in [1.807, 2.05) is 18.2 Å². The summed E-state index contributed by atoms with van der Waals surface area (Å²) in [7, 11) is 0. The maximum absolute atomic E-state index is 6.04. The van der Waals surface area contributed by atoms with Gasteiger partial charge in [-0.3, -0.25) is 0 Å². The van der Waals surface area contributed by atoms with E-state index < -0.39 is 0 Å². The molecule has 1 aliphatic heterocycles. The second kappa shape index (κ2) is 5.70. The Labute approximate surface area is 122 Å². The highest BCUT2D eigenvalue weighted by Gasteiger charge is 2.21. The standard InChI is InChI=1S/C14H16Cl2N2O/c15-6-5-14-17-12-8-10(16)3-4-13(12)18(14)11-2-1-7-19-9-11/h3-4,8,11H,1-2,5-7,9H2. The van der Waals surface area contributed by atoms with E-state index in [4.69, 9.17) is 27.9 Å². The fourth-order valence-electron chi connectivity index (χ4n) is 2.72. The first-order valence-electron chi connectivity index (χ1n) is 6.59. The average molecular weight is 299 g/mol. The molecule has 0 N–H and O–H groups in total. The van der Waals surface area contributed by atoms with E-state index in [1.54, 1.807) is 0 Å². The highest BCUT2D eigenvalue weighted by molar-refractivity contribution is 6.31. The summed E-state index contributed by atoms with van der Waals surface area (Å²) >= 11 is 11.9. The minimum Gasteiger partial charge on any atom is -0.379 e. The summed E-state index contributed by atoms with van der Waals surface area (Å²) in [6.07, 6.45) is 2.99. The van der Waals surface area contributed by atoms with Crippen LogP contribution in [0, 0.1) is 0 Å². The van der Waals surface area contributed by atoms with Gasteiger partial charge in [0.15, 0.2) is 0 Å². The number of imidazole rings is 1. The molecule has 0 spiro atoms. The zero-order chi connectivity index (χ0) is 13.2. The Morgan fingerprint density at radius 3 is 3.05 bits per heavy atom. The summed E-state index contributed by atoms with van der Waals surface area (Å²) in [5.41, 5.74) is 2.07. The SMILES string of the molecule is ClCCc1nc2cc(Cl)ccc2n1C1CCCOC1. The summed E-state index contributed by atoms with van der Waals surface area (Å²) in [6.45, 7) is 1.61. The van der Waals surface area contributed by atoms with Gasteiger partial charge in [0.2, 0.25) is 0 Å². The van der Waals surface area contributed by atoms with Crippen molar-refractivity contribution in [3.8, 4) is 0 Å². The molecule has 1 saturated heterocycles. The maximum Gasteiger partial charge on any atom is 0.111 e. The average Bonchev–Trinajstić information content (AvgIpc) is 2.77. The van der Waals surface area contributed by atoms with E-state index in [1.165, 1.54) is 0 Å². The van der Waals surface area contributed by atoms with Crippen LogP contribution < -0.4 is 0 Å². The predicted octanol–water partition coefficient (Wildman–Crippen LogP) is 3.82. The van der Waals surface area contributed by atoms with Crippen molar-refractivity contribution in [3.05, 3.63) is 29.0 Å². The lowest BCUT2D eigenvalue weighted by Crippen LogP contribution is -2.23. The number of hydrogen-bond acceptors (Lipinski definition) is 2. The Morgan fingerprint density at radius 1 is 1.42 bits per heavy atom. The molecule has 19 heavy (non-hydrogen) atoms. The molecule has 3 nitrogen and oxygen atoms in total. The van der Waals surface area contributed by atoms with Gasteiger partial charge in [0.05, 0.1) is 23.7 Å². The number of rotatable bonds is 3. The van der Waals surface area contributed by atoms with Crippen molar-refractivity contribution in [3.63, 3.8) is 0 Å². The third-order valence-electron chi connectivity index (χ3n) is 3.54. The summed E-state index contributed by atoms with van der Waals surface area (Å²) < 4.78 is 7.89. The third-order valence-corrected chi connectivity index (χ3v) is 3.97.